The van der Waals surface area contributed by atoms with E-state index in [0.29, 0.717) is 5.71 Å². The van der Waals surface area contributed by atoms with Gasteiger partial charge in [-0.1, -0.05) is 6.58 Å². The average molecular weight is 189 g/mol. The molecule has 0 aliphatic rings. The van der Waals surface area contributed by atoms with Crippen LogP contribution in [0.1, 0.15) is 18.1 Å². The van der Waals surface area contributed by atoms with Gasteiger partial charge in [0.05, 0.1) is 12.8 Å². The predicted octanol–water partition coefficient (Wildman–Crippen LogP) is 2.95. The van der Waals surface area contributed by atoms with Crippen molar-refractivity contribution in [2.24, 2.45) is 0 Å². The van der Waals surface area contributed by atoms with E-state index in [-0.39, 0.29) is 0 Å². The number of methoxy groups -OCH3 is 1. The van der Waals surface area contributed by atoms with Gasteiger partial charge in [0.25, 0.3) is 0 Å². The second-order valence-corrected chi connectivity index (χ2v) is 3.34. The minimum absolute atomic E-state index is 0.491. The second kappa shape index (κ2) is 4.09. The molecule has 0 unspecified atom stereocenters. The Bertz CT molecular complexity index is 380. The summed E-state index contributed by atoms with van der Waals surface area (Å²) in [6, 6.07) is 5.68. The van der Waals surface area contributed by atoms with Crippen molar-refractivity contribution in [2.45, 2.75) is 13.8 Å². The van der Waals surface area contributed by atoms with E-state index < -0.39 is 0 Å². The average Bonchev–Trinajstić information content (AvgIpc) is 2.16. The van der Waals surface area contributed by atoms with Crippen LogP contribution in [0.3, 0.4) is 0 Å². The predicted molar refractivity (Wildman–Crippen MR) is 59.4 cm³/mol. The molecule has 0 heterocycles. The van der Waals surface area contributed by atoms with Crippen LogP contribution in [0.2, 0.25) is 0 Å². The molecule has 1 N–H and O–H groups in total. The number of rotatable bonds is 3. The Labute approximate surface area is 84.7 Å². The fraction of sp³-hybridized carbons (Fsp3) is 0.250. The molecule has 0 fully saturated rings. The van der Waals surface area contributed by atoms with Gasteiger partial charge in [0, 0.05) is 5.56 Å². The first-order valence-corrected chi connectivity index (χ1v) is 4.45. The highest BCUT2D eigenvalue weighted by molar-refractivity contribution is 6.10. The quantitative estimate of drug-likeness (QED) is 0.728. The Balaban J connectivity index is 3.12. The minimum atomic E-state index is 0.491. The van der Waals surface area contributed by atoms with Crippen LogP contribution < -0.4 is 4.74 Å². The molecule has 0 amide bonds. The summed E-state index contributed by atoms with van der Waals surface area (Å²) in [5, 5.41) is 7.81. The van der Waals surface area contributed by atoms with Crippen molar-refractivity contribution in [3.8, 4) is 5.75 Å². The Hall–Kier alpha value is -1.57. The van der Waals surface area contributed by atoms with Crippen molar-refractivity contribution in [1.29, 1.82) is 5.41 Å². The Kier molecular flexibility index (Phi) is 3.07. The first-order valence-electron chi connectivity index (χ1n) is 4.45. The van der Waals surface area contributed by atoms with Crippen molar-refractivity contribution in [2.75, 3.05) is 7.11 Å². The van der Waals surface area contributed by atoms with Crippen LogP contribution in [0.15, 0.2) is 30.4 Å². The number of nitrogens with one attached hydrogen (secondary N) is 1. The van der Waals surface area contributed by atoms with Gasteiger partial charge in [-0.3, -0.25) is 0 Å². The highest BCUT2D eigenvalue weighted by Gasteiger charge is 2.06. The SMILES string of the molecule is C=C(C)C(=N)c1ccc(OC)cc1C. The molecule has 1 rings (SSSR count). The van der Waals surface area contributed by atoms with Crippen LogP contribution in [0.25, 0.3) is 0 Å². The third-order valence-electron chi connectivity index (χ3n) is 2.13. The van der Waals surface area contributed by atoms with Gasteiger partial charge in [-0.2, -0.15) is 0 Å². The fourth-order valence-corrected chi connectivity index (χ4v) is 1.27. The Morgan fingerprint density at radius 2 is 2.07 bits per heavy atom. The van der Waals surface area contributed by atoms with Gasteiger partial charge in [0.15, 0.2) is 0 Å². The van der Waals surface area contributed by atoms with E-state index in [4.69, 9.17) is 10.1 Å². The number of benzene rings is 1. The normalized spacial score (nSPS) is 9.64. The maximum atomic E-state index is 7.81. The van der Waals surface area contributed by atoms with Gasteiger partial charge in [0.2, 0.25) is 0 Å². The van der Waals surface area contributed by atoms with Crippen molar-refractivity contribution in [3.05, 3.63) is 41.5 Å². The number of allylic oxidation sites excluding steroid dienone is 1. The first kappa shape index (κ1) is 10.5. The highest BCUT2D eigenvalue weighted by atomic mass is 16.5. The van der Waals surface area contributed by atoms with Crippen LogP contribution in [-0.4, -0.2) is 12.8 Å². The smallest absolute Gasteiger partial charge is 0.119 e. The summed E-state index contributed by atoms with van der Waals surface area (Å²) in [7, 11) is 1.64. The molecule has 0 aromatic heterocycles. The lowest BCUT2D eigenvalue weighted by Crippen LogP contribution is -2.02. The van der Waals surface area contributed by atoms with E-state index >= 15 is 0 Å². The van der Waals surface area contributed by atoms with E-state index in [1.54, 1.807) is 7.11 Å². The molecule has 0 aliphatic heterocycles. The molecule has 2 heteroatoms. The van der Waals surface area contributed by atoms with E-state index in [1.807, 2.05) is 32.0 Å². The minimum Gasteiger partial charge on any atom is -0.497 e. The lowest BCUT2D eigenvalue weighted by atomic mass is 10.00. The molecule has 0 saturated carbocycles. The van der Waals surface area contributed by atoms with Gasteiger partial charge >= 0.3 is 0 Å². The van der Waals surface area contributed by atoms with Crippen molar-refractivity contribution >= 4 is 5.71 Å². The van der Waals surface area contributed by atoms with Gasteiger partial charge in [-0.25, -0.2) is 0 Å². The van der Waals surface area contributed by atoms with Crippen LogP contribution in [0.4, 0.5) is 0 Å². The molecule has 0 radical (unpaired) electrons. The number of ether oxygens (including phenoxy) is 1. The van der Waals surface area contributed by atoms with Gasteiger partial charge in [0.1, 0.15) is 5.75 Å². The third kappa shape index (κ3) is 2.02. The van der Waals surface area contributed by atoms with Gasteiger partial charge < -0.3 is 10.1 Å². The Morgan fingerprint density at radius 1 is 1.43 bits per heavy atom. The standard InChI is InChI=1S/C12H15NO/c1-8(2)12(13)11-6-5-10(14-4)7-9(11)3/h5-7,13H,1H2,2-4H3. The summed E-state index contributed by atoms with van der Waals surface area (Å²) in [6.45, 7) is 7.57. The second-order valence-electron chi connectivity index (χ2n) is 3.34. The molecular weight excluding hydrogens is 174 g/mol. The summed E-state index contributed by atoms with van der Waals surface area (Å²) in [5.41, 5.74) is 3.22. The van der Waals surface area contributed by atoms with Crippen LogP contribution in [0, 0.1) is 12.3 Å². The monoisotopic (exact) mass is 189 g/mol. The molecule has 0 spiro atoms. The molecule has 0 saturated heterocycles. The van der Waals surface area contributed by atoms with Gasteiger partial charge in [-0.05, 0) is 43.2 Å². The lowest BCUT2D eigenvalue weighted by Gasteiger charge is -2.08. The zero-order chi connectivity index (χ0) is 10.7. The zero-order valence-electron chi connectivity index (χ0n) is 8.85. The number of hydrogen-bond donors (Lipinski definition) is 1. The third-order valence-corrected chi connectivity index (χ3v) is 2.13. The van der Waals surface area contributed by atoms with Gasteiger partial charge in [-0.15, -0.1) is 0 Å². The summed E-state index contributed by atoms with van der Waals surface area (Å²) >= 11 is 0. The van der Waals surface area contributed by atoms with Crippen LogP contribution in [-0.2, 0) is 0 Å². The molecule has 1 aromatic carbocycles. The van der Waals surface area contributed by atoms with Crippen LogP contribution >= 0.6 is 0 Å². The molecule has 0 bridgehead atoms. The molecular formula is C12H15NO. The maximum Gasteiger partial charge on any atom is 0.119 e. The van der Waals surface area contributed by atoms with Crippen molar-refractivity contribution in [3.63, 3.8) is 0 Å². The summed E-state index contributed by atoms with van der Waals surface area (Å²) in [5.74, 6) is 0.820. The maximum absolute atomic E-state index is 7.81. The molecule has 74 valence electrons. The highest BCUT2D eigenvalue weighted by Crippen LogP contribution is 2.18. The largest absolute Gasteiger partial charge is 0.497 e. The molecule has 0 aliphatic carbocycles. The summed E-state index contributed by atoms with van der Waals surface area (Å²) < 4.78 is 5.10. The summed E-state index contributed by atoms with van der Waals surface area (Å²) in [6.07, 6.45) is 0. The zero-order valence-corrected chi connectivity index (χ0v) is 8.85. The molecule has 0 atom stereocenters. The first-order chi connectivity index (χ1) is 6.56. The van der Waals surface area contributed by atoms with E-state index in [1.165, 1.54) is 0 Å². The topological polar surface area (TPSA) is 33.1 Å². The van der Waals surface area contributed by atoms with E-state index in [9.17, 15) is 0 Å². The molecule has 2 nitrogen and oxygen atoms in total. The van der Waals surface area contributed by atoms with E-state index in [2.05, 4.69) is 6.58 Å². The molecule has 1 aromatic rings. The number of hydrogen-bond acceptors (Lipinski definition) is 2. The number of aryl methyl sites for hydroxylation is 1. The van der Waals surface area contributed by atoms with Crippen molar-refractivity contribution in [1.82, 2.24) is 0 Å². The molecule has 14 heavy (non-hydrogen) atoms. The Morgan fingerprint density at radius 3 is 2.50 bits per heavy atom. The lowest BCUT2D eigenvalue weighted by molar-refractivity contribution is 0.414. The summed E-state index contributed by atoms with van der Waals surface area (Å²) in [4.78, 5) is 0. The fourth-order valence-electron chi connectivity index (χ4n) is 1.27. The van der Waals surface area contributed by atoms with E-state index in [0.717, 1.165) is 22.4 Å². The van der Waals surface area contributed by atoms with Crippen molar-refractivity contribution < 1.29 is 4.74 Å². The van der Waals surface area contributed by atoms with Crippen LogP contribution in [0.5, 0.6) is 5.75 Å².